The Labute approximate surface area is 156 Å². The number of nitrogens with zero attached hydrogens (tertiary/aromatic N) is 2. The van der Waals surface area contributed by atoms with Gasteiger partial charge in [0.2, 0.25) is 21.8 Å². The second kappa shape index (κ2) is 6.70. The average molecular weight is 392 g/mol. The summed E-state index contributed by atoms with van der Waals surface area (Å²) in [6.07, 6.45) is 0.454. The molecule has 3 aliphatic heterocycles. The van der Waals surface area contributed by atoms with E-state index < -0.39 is 22.0 Å². The van der Waals surface area contributed by atoms with E-state index in [0.717, 1.165) is 0 Å². The molecule has 1 unspecified atom stereocenters. The van der Waals surface area contributed by atoms with Crippen LogP contribution in [-0.2, 0) is 26.2 Å². The molecule has 3 heterocycles. The first-order chi connectivity index (χ1) is 12.9. The van der Waals surface area contributed by atoms with Crippen molar-refractivity contribution in [3.05, 3.63) is 29.3 Å². The van der Waals surface area contributed by atoms with Crippen molar-refractivity contribution < 1.29 is 22.8 Å². The number of rotatable bonds is 3. The predicted octanol–water partition coefficient (Wildman–Crippen LogP) is -0.958. The number of imide groups is 1. The number of fused-ring (bicyclic) bond motifs is 1. The molecule has 3 amide bonds. The van der Waals surface area contributed by atoms with Crippen LogP contribution in [0.25, 0.3) is 0 Å². The predicted molar refractivity (Wildman–Crippen MR) is 94.1 cm³/mol. The van der Waals surface area contributed by atoms with Crippen molar-refractivity contribution in [2.24, 2.45) is 0 Å². The lowest BCUT2D eigenvalue weighted by Crippen LogP contribution is -2.52. The van der Waals surface area contributed by atoms with E-state index in [0.29, 0.717) is 37.3 Å². The first kappa shape index (κ1) is 18.1. The Hall–Kier alpha value is -2.30. The molecule has 144 valence electrons. The van der Waals surface area contributed by atoms with E-state index >= 15 is 0 Å². The van der Waals surface area contributed by atoms with Crippen molar-refractivity contribution in [3.63, 3.8) is 0 Å². The van der Waals surface area contributed by atoms with Gasteiger partial charge in [-0.1, -0.05) is 0 Å². The molecule has 0 radical (unpaired) electrons. The van der Waals surface area contributed by atoms with Gasteiger partial charge in [0, 0.05) is 44.7 Å². The Balaban J connectivity index is 1.59. The van der Waals surface area contributed by atoms with Crippen LogP contribution in [0.2, 0.25) is 0 Å². The number of nitrogens with one attached hydrogen (secondary N) is 2. The van der Waals surface area contributed by atoms with Crippen LogP contribution in [-0.4, -0.2) is 67.6 Å². The summed E-state index contributed by atoms with van der Waals surface area (Å²) < 4.78 is 27.1. The molecular weight excluding hydrogens is 372 g/mol. The van der Waals surface area contributed by atoms with E-state index in [1.807, 2.05) is 0 Å². The molecule has 4 rings (SSSR count). The second-order valence-electron chi connectivity index (χ2n) is 6.87. The number of benzene rings is 1. The van der Waals surface area contributed by atoms with Crippen molar-refractivity contribution >= 4 is 27.7 Å². The van der Waals surface area contributed by atoms with E-state index in [1.54, 1.807) is 0 Å². The molecule has 0 bridgehead atoms. The summed E-state index contributed by atoms with van der Waals surface area (Å²) in [5.41, 5.74) is 0.986. The summed E-state index contributed by atoms with van der Waals surface area (Å²) in [6, 6.07) is 3.77. The van der Waals surface area contributed by atoms with Gasteiger partial charge in [0.25, 0.3) is 5.91 Å². The molecule has 0 aliphatic carbocycles. The quantitative estimate of drug-likeness (QED) is 0.641. The lowest BCUT2D eigenvalue weighted by Gasteiger charge is -2.29. The highest BCUT2D eigenvalue weighted by Gasteiger charge is 2.39. The molecule has 2 N–H and O–H groups in total. The van der Waals surface area contributed by atoms with E-state index in [2.05, 4.69) is 10.6 Å². The fourth-order valence-electron chi connectivity index (χ4n) is 3.75. The van der Waals surface area contributed by atoms with Crippen LogP contribution in [0, 0.1) is 0 Å². The Morgan fingerprint density at radius 2 is 1.81 bits per heavy atom. The van der Waals surface area contributed by atoms with Crippen molar-refractivity contribution in [1.29, 1.82) is 0 Å². The Morgan fingerprint density at radius 3 is 2.52 bits per heavy atom. The molecule has 2 fully saturated rings. The van der Waals surface area contributed by atoms with Gasteiger partial charge >= 0.3 is 0 Å². The first-order valence-electron chi connectivity index (χ1n) is 8.86. The normalized spacial score (nSPS) is 24.1. The van der Waals surface area contributed by atoms with Gasteiger partial charge in [0.05, 0.1) is 4.90 Å². The summed E-state index contributed by atoms with van der Waals surface area (Å²) in [4.78, 5) is 37.7. The molecule has 10 heteroatoms. The Bertz CT molecular complexity index is 923. The largest absolute Gasteiger partial charge is 0.322 e. The van der Waals surface area contributed by atoms with Gasteiger partial charge in [-0.15, -0.1) is 0 Å². The van der Waals surface area contributed by atoms with Crippen LogP contribution >= 0.6 is 0 Å². The molecule has 0 saturated carbocycles. The third kappa shape index (κ3) is 3.13. The maximum Gasteiger partial charge on any atom is 0.255 e. The molecule has 1 aromatic carbocycles. The van der Waals surface area contributed by atoms with Gasteiger partial charge in [-0.05, 0) is 30.2 Å². The second-order valence-corrected chi connectivity index (χ2v) is 8.81. The highest BCUT2D eigenvalue weighted by molar-refractivity contribution is 7.89. The molecule has 0 spiro atoms. The molecule has 3 aliphatic rings. The Kier molecular flexibility index (Phi) is 4.49. The first-order valence-corrected chi connectivity index (χ1v) is 10.3. The fraction of sp³-hybridized carbons (Fsp3) is 0.471. The molecular formula is C17H20N4O5S. The van der Waals surface area contributed by atoms with Crippen molar-refractivity contribution in [2.75, 3.05) is 26.2 Å². The van der Waals surface area contributed by atoms with Crippen molar-refractivity contribution in [3.8, 4) is 0 Å². The van der Waals surface area contributed by atoms with Crippen LogP contribution in [0.5, 0.6) is 0 Å². The highest BCUT2D eigenvalue weighted by atomic mass is 32.2. The third-order valence-electron chi connectivity index (χ3n) is 5.21. The van der Waals surface area contributed by atoms with Gasteiger partial charge in [-0.25, -0.2) is 8.42 Å². The molecule has 1 atom stereocenters. The SMILES string of the molecule is O=C1CCC(N2Cc3cc(S(=O)(=O)N4CCNCC4)ccc3C2=O)C(=O)N1. The summed E-state index contributed by atoms with van der Waals surface area (Å²) >= 11 is 0. The number of piperazine rings is 1. The molecule has 9 nitrogen and oxygen atoms in total. The topological polar surface area (TPSA) is 116 Å². The van der Waals surface area contributed by atoms with Crippen LogP contribution in [0.1, 0.15) is 28.8 Å². The van der Waals surface area contributed by atoms with Gasteiger partial charge in [-0.3, -0.25) is 19.7 Å². The minimum Gasteiger partial charge on any atom is -0.322 e. The maximum absolute atomic E-state index is 12.8. The number of hydrogen-bond acceptors (Lipinski definition) is 6. The lowest BCUT2D eigenvalue weighted by atomic mass is 10.0. The zero-order valence-corrected chi connectivity index (χ0v) is 15.4. The van der Waals surface area contributed by atoms with Crippen LogP contribution in [0.4, 0.5) is 0 Å². The van der Waals surface area contributed by atoms with Crippen LogP contribution in [0.15, 0.2) is 23.1 Å². The summed E-state index contributed by atoms with van der Waals surface area (Å²) in [7, 11) is -3.62. The number of sulfonamides is 1. The minimum atomic E-state index is -3.62. The van der Waals surface area contributed by atoms with Crippen LogP contribution < -0.4 is 10.6 Å². The van der Waals surface area contributed by atoms with Gasteiger partial charge in [0.15, 0.2) is 0 Å². The van der Waals surface area contributed by atoms with Crippen molar-refractivity contribution in [2.45, 2.75) is 30.3 Å². The smallest absolute Gasteiger partial charge is 0.255 e. The Morgan fingerprint density at radius 1 is 1.07 bits per heavy atom. The summed E-state index contributed by atoms with van der Waals surface area (Å²) in [5.74, 6) is -1.14. The van der Waals surface area contributed by atoms with E-state index in [4.69, 9.17) is 0 Å². The molecule has 2 saturated heterocycles. The van der Waals surface area contributed by atoms with Crippen LogP contribution in [0.3, 0.4) is 0 Å². The number of carbonyl (C=O) groups is 3. The maximum atomic E-state index is 12.8. The number of amides is 3. The molecule has 27 heavy (non-hydrogen) atoms. The summed E-state index contributed by atoms with van der Waals surface area (Å²) in [5, 5.41) is 5.37. The monoisotopic (exact) mass is 392 g/mol. The molecule has 0 aromatic heterocycles. The number of carbonyl (C=O) groups excluding carboxylic acids is 3. The lowest BCUT2D eigenvalue weighted by molar-refractivity contribution is -0.136. The highest BCUT2D eigenvalue weighted by Crippen LogP contribution is 2.30. The van der Waals surface area contributed by atoms with E-state index in [-0.39, 0.29) is 36.1 Å². The number of piperidine rings is 1. The zero-order chi connectivity index (χ0) is 19.2. The standard InChI is InChI=1S/C17H20N4O5S/c22-15-4-3-14(16(23)19-15)21-10-11-9-12(1-2-13(11)17(21)24)27(25,26)20-7-5-18-6-8-20/h1-2,9,14,18H,3-8,10H2,(H,19,22,23). The van der Waals surface area contributed by atoms with Gasteiger partial charge in [-0.2, -0.15) is 4.31 Å². The molecule has 1 aromatic rings. The number of hydrogen-bond donors (Lipinski definition) is 2. The zero-order valence-electron chi connectivity index (χ0n) is 14.6. The fourth-order valence-corrected chi connectivity index (χ4v) is 5.24. The van der Waals surface area contributed by atoms with Gasteiger partial charge in [0.1, 0.15) is 6.04 Å². The van der Waals surface area contributed by atoms with Crippen molar-refractivity contribution in [1.82, 2.24) is 19.8 Å². The van der Waals surface area contributed by atoms with Gasteiger partial charge < -0.3 is 10.2 Å². The van der Waals surface area contributed by atoms with E-state index in [9.17, 15) is 22.8 Å². The average Bonchev–Trinajstić information content (AvgIpc) is 2.98. The minimum absolute atomic E-state index is 0.154. The summed E-state index contributed by atoms with van der Waals surface area (Å²) in [6.45, 7) is 2.17. The third-order valence-corrected chi connectivity index (χ3v) is 7.10. The van der Waals surface area contributed by atoms with E-state index in [1.165, 1.54) is 27.4 Å².